The van der Waals surface area contributed by atoms with Crippen LogP contribution in [-0.2, 0) is 20.0 Å². The molecule has 6 nitrogen and oxygen atoms in total. The first-order valence-corrected chi connectivity index (χ1v) is 12.7. The molecule has 29 heavy (non-hydrogen) atoms. The van der Waals surface area contributed by atoms with Crippen LogP contribution in [0.15, 0.2) is 99.3 Å². The summed E-state index contributed by atoms with van der Waals surface area (Å²) in [5, 5.41) is -0.0436. The van der Waals surface area contributed by atoms with Crippen LogP contribution in [0.25, 0.3) is 0 Å². The molecule has 0 N–H and O–H groups in total. The van der Waals surface area contributed by atoms with E-state index in [4.69, 9.17) is 11.6 Å². The first kappa shape index (κ1) is 22.1. The van der Waals surface area contributed by atoms with Gasteiger partial charge in [-0.15, -0.1) is 0 Å². The Morgan fingerprint density at radius 1 is 0.690 bits per heavy atom. The second-order valence-electron chi connectivity index (χ2n) is 5.68. The Morgan fingerprint density at radius 2 is 1.14 bits per heavy atom. The van der Waals surface area contributed by atoms with Crippen molar-refractivity contribution in [1.29, 1.82) is 0 Å². The van der Waals surface area contributed by atoms with Crippen molar-refractivity contribution < 1.29 is 16.8 Å². The van der Waals surface area contributed by atoms with Crippen molar-refractivity contribution >= 4 is 74.9 Å². The Balaban J connectivity index is 1.90. The quantitative estimate of drug-likeness (QED) is 0.485. The topological polar surface area (TPSA) is 93.0 Å². The maximum atomic E-state index is 12.4. The van der Waals surface area contributed by atoms with Crippen LogP contribution in [0, 0.1) is 0 Å². The molecule has 0 unspecified atom stereocenters. The summed E-state index contributed by atoms with van der Waals surface area (Å²) in [6.07, 6.45) is 3.88. The summed E-state index contributed by atoms with van der Waals surface area (Å²) in [4.78, 5) is 0.0201. The van der Waals surface area contributed by atoms with Gasteiger partial charge in [-0.3, -0.25) is 0 Å². The highest BCUT2D eigenvalue weighted by Crippen LogP contribution is 2.21. The Labute approximate surface area is 190 Å². The van der Waals surface area contributed by atoms with E-state index in [2.05, 4.69) is 40.7 Å². The monoisotopic (exact) mass is 576 g/mol. The van der Waals surface area contributed by atoms with Crippen molar-refractivity contribution in [2.75, 3.05) is 0 Å². The number of hydrogen-bond acceptors (Lipinski definition) is 4. The minimum Gasteiger partial charge on any atom is -0.199 e. The smallest absolute Gasteiger partial charge is 0.199 e. The second kappa shape index (κ2) is 8.65. The molecular formula is C18H11Br2ClN2O4S2. The molecule has 1 aliphatic carbocycles. The molecule has 0 bridgehead atoms. The van der Waals surface area contributed by atoms with Gasteiger partial charge in [0.1, 0.15) is 0 Å². The number of benzene rings is 2. The highest BCUT2D eigenvalue weighted by atomic mass is 79.9. The summed E-state index contributed by atoms with van der Waals surface area (Å²) in [5.41, 5.74) is 0.0347. The zero-order valence-electron chi connectivity index (χ0n) is 14.3. The number of halogens is 3. The van der Waals surface area contributed by atoms with Gasteiger partial charge in [0.05, 0.1) is 26.2 Å². The van der Waals surface area contributed by atoms with E-state index in [9.17, 15) is 16.8 Å². The maximum absolute atomic E-state index is 12.4. The van der Waals surface area contributed by atoms with E-state index in [0.29, 0.717) is 0 Å². The molecule has 1 aliphatic rings. The third-order valence-electron chi connectivity index (χ3n) is 3.60. The number of hydrogen-bond donors (Lipinski definition) is 0. The van der Waals surface area contributed by atoms with Crippen molar-refractivity contribution in [3.8, 4) is 0 Å². The molecule has 2 aromatic carbocycles. The van der Waals surface area contributed by atoms with Gasteiger partial charge in [0, 0.05) is 8.95 Å². The fourth-order valence-electron chi connectivity index (χ4n) is 2.21. The van der Waals surface area contributed by atoms with Crippen LogP contribution in [0.3, 0.4) is 0 Å². The van der Waals surface area contributed by atoms with E-state index in [1.807, 2.05) is 0 Å². The summed E-state index contributed by atoms with van der Waals surface area (Å²) in [6.45, 7) is 0. The zero-order chi connectivity index (χ0) is 21.2. The predicted molar refractivity (Wildman–Crippen MR) is 121 cm³/mol. The first-order valence-electron chi connectivity index (χ1n) is 7.83. The molecule has 0 radical (unpaired) electrons. The first-order chi connectivity index (χ1) is 13.6. The van der Waals surface area contributed by atoms with Crippen molar-refractivity contribution in [2.24, 2.45) is 8.80 Å². The Kier molecular flexibility index (Phi) is 6.59. The third kappa shape index (κ3) is 5.52. The van der Waals surface area contributed by atoms with Crippen LogP contribution in [0.5, 0.6) is 0 Å². The molecule has 0 fully saturated rings. The third-order valence-corrected chi connectivity index (χ3v) is 7.58. The summed E-state index contributed by atoms with van der Waals surface area (Å²) >= 11 is 12.6. The van der Waals surface area contributed by atoms with Gasteiger partial charge >= 0.3 is 0 Å². The van der Waals surface area contributed by atoms with Crippen molar-refractivity contribution in [3.05, 3.63) is 80.7 Å². The maximum Gasteiger partial charge on any atom is 0.282 e. The van der Waals surface area contributed by atoms with Gasteiger partial charge in [-0.05, 0) is 66.8 Å². The molecule has 0 saturated carbocycles. The van der Waals surface area contributed by atoms with Gasteiger partial charge in [0.15, 0.2) is 0 Å². The largest absolute Gasteiger partial charge is 0.282 e. The molecule has 0 spiro atoms. The molecule has 2 aromatic rings. The van der Waals surface area contributed by atoms with Crippen LogP contribution in [0.1, 0.15) is 0 Å². The number of allylic oxidation sites excluding steroid dienone is 4. The molecule has 0 saturated heterocycles. The lowest BCUT2D eigenvalue weighted by atomic mass is 10.1. The van der Waals surface area contributed by atoms with E-state index in [1.165, 1.54) is 42.5 Å². The van der Waals surface area contributed by atoms with Gasteiger partial charge in [0.25, 0.3) is 20.0 Å². The van der Waals surface area contributed by atoms with Gasteiger partial charge in [-0.2, -0.15) is 25.6 Å². The minimum absolute atomic E-state index is 0.00310. The number of sulfonamides is 2. The van der Waals surface area contributed by atoms with E-state index in [1.54, 1.807) is 24.3 Å². The summed E-state index contributed by atoms with van der Waals surface area (Å²) in [5.74, 6) is 0. The van der Waals surface area contributed by atoms with Crippen LogP contribution in [-0.4, -0.2) is 28.3 Å². The molecule has 11 heteroatoms. The lowest BCUT2D eigenvalue weighted by Crippen LogP contribution is -2.10. The summed E-state index contributed by atoms with van der Waals surface area (Å²) < 4.78 is 58.6. The highest BCUT2D eigenvalue weighted by Gasteiger charge is 2.19. The molecule has 0 aliphatic heterocycles. The summed E-state index contributed by atoms with van der Waals surface area (Å²) in [6, 6.07) is 12.0. The van der Waals surface area contributed by atoms with Gasteiger partial charge in [-0.1, -0.05) is 43.5 Å². The van der Waals surface area contributed by atoms with Crippen LogP contribution < -0.4 is 0 Å². The van der Waals surface area contributed by atoms with Gasteiger partial charge in [-0.25, -0.2) is 0 Å². The fourth-order valence-corrected chi connectivity index (χ4v) is 4.99. The number of rotatable bonds is 4. The lowest BCUT2D eigenvalue weighted by Gasteiger charge is -2.08. The molecule has 0 heterocycles. The standard InChI is InChI=1S/C18H11Br2ClN2O4S2/c19-12-1-6-15(7-2-12)28(24,25)22-14-5-10-18(17(21)11-14)23-29(26,27)16-8-3-13(20)4-9-16/h1-11H. The van der Waals surface area contributed by atoms with Crippen molar-refractivity contribution in [2.45, 2.75) is 9.79 Å². The summed E-state index contributed by atoms with van der Waals surface area (Å²) in [7, 11) is -7.93. The second-order valence-corrected chi connectivity index (χ2v) is 11.1. The normalized spacial score (nSPS) is 17.6. The molecule has 150 valence electrons. The molecule has 0 aromatic heterocycles. The van der Waals surface area contributed by atoms with Gasteiger partial charge in [0.2, 0.25) is 0 Å². The average molecular weight is 579 g/mol. The fraction of sp³-hybridized carbons (Fsp3) is 0. The molecular weight excluding hydrogens is 568 g/mol. The Bertz CT molecular complexity index is 1280. The predicted octanol–water partition coefficient (Wildman–Crippen LogP) is 4.86. The molecule has 3 rings (SSSR count). The van der Waals surface area contributed by atoms with Crippen LogP contribution in [0.4, 0.5) is 0 Å². The van der Waals surface area contributed by atoms with Crippen molar-refractivity contribution in [1.82, 2.24) is 0 Å². The van der Waals surface area contributed by atoms with E-state index < -0.39 is 20.0 Å². The average Bonchev–Trinajstić information content (AvgIpc) is 2.64. The van der Waals surface area contributed by atoms with E-state index in [-0.39, 0.29) is 26.2 Å². The van der Waals surface area contributed by atoms with Crippen LogP contribution in [0.2, 0.25) is 0 Å². The number of nitrogens with zero attached hydrogens (tertiary/aromatic N) is 2. The zero-order valence-corrected chi connectivity index (χ0v) is 19.9. The Hall–Kier alpha value is -1.59. The Morgan fingerprint density at radius 3 is 1.59 bits per heavy atom. The van der Waals surface area contributed by atoms with E-state index >= 15 is 0 Å². The molecule has 0 atom stereocenters. The minimum atomic E-state index is -3.98. The SMILES string of the molecule is O=S(=O)(N=C1C=CC(=NS(=O)(=O)c2ccc(Br)cc2)C(Cl)=C1)c1ccc(Br)cc1. The van der Waals surface area contributed by atoms with Crippen LogP contribution >= 0.6 is 43.5 Å². The molecule has 0 amide bonds. The van der Waals surface area contributed by atoms with Crippen molar-refractivity contribution in [3.63, 3.8) is 0 Å². The van der Waals surface area contributed by atoms with E-state index in [0.717, 1.165) is 8.95 Å². The lowest BCUT2D eigenvalue weighted by molar-refractivity contribution is 0.596. The highest BCUT2D eigenvalue weighted by molar-refractivity contribution is 9.10. The van der Waals surface area contributed by atoms with Gasteiger partial charge < -0.3 is 0 Å².